The molecule has 9 nitrogen and oxygen atoms in total. The van der Waals surface area contributed by atoms with E-state index in [0.29, 0.717) is 28.2 Å². The second kappa shape index (κ2) is 12.1. The number of hydrogen-bond donors (Lipinski definition) is 1. The van der Waals surface area contributed by atoms with Gasteiger partial charge in [-0.2, -0.15) is 21.9 Å². The number of fused-ring (bicyclic) bond motifs is 1. The molecule has 0 aliphatic rings. The van der Waals surface area contributed by atoms with Gasteiger partial charge < -0.3 is 5.32 Å². The number of hydrogen-bond acceptors (Lipinski definition) is 8. The number of alkyl halides is 2. The van der Waals surface area contributed by atoms with Crippen molar-refractivity contribution >= 4 is 88.6 Å². The van der Waals surface area contributed by atoms with Gasteiger partial charge in [-0.05, 0) is 41.5 Å². The number of anilines is 1. The number of nitrogens with one attached hydrogen (secondary N) is 1. The maximum atomic E-state index is 14.4. The van der Waals surface area contributed by atoms with E-state index in [4.69, 9.17) is 23.2 Å². The summed E-state index contributed by atoms with van der Waals surface area (Å²) >= 11 is 13.2. The largest absolute Gasteiger partial charge is 0.352 e. The molecule has 0 fully saturated rings. The van der Waals surface area contributed by atoms with Crippen LogP contribution in [0.2, 0.25) is 8.67 Å². The Kier molecular flexibility index (Phi) is 8.84. The van der Waals surface area contributed by atoms with E-state index in [0.717, 1.165) is 23.8 Å². The molecule has 43 heavy (non-hydrogen) atoms. The molecule has 0 aliphatic carbocycles. The van der Waals surface area contributed by atoms with E-state index in [9.17, 15) is 30.4 Å². The summed E-state index contributed by atoms with van der Waals surface area (Å²) in [5.41, 5.74) is 0.841. The highest BCUT2D eigenvalue weighted by atomic mass is 35.5. The first-order valence-corrected chi connectivity index (χ1v) is 17.5. The van der Waals surface area contributed by atoms with Crippen LogP contribution in [0.25, 0.3) is 10.9 Å². The molecule has 1 amide bonds. The molecule has 3 aromatic heterocycles. The first-order chi connectivity index (χ1) is 20.3. The lowest BCUT2D eigenvalue weighted by molar-refractivity contribution is -0.119. The van der Waals surface area contributed by atoms with E-state index >= 15 is 0 Å². The predicted octanol–water partition coefficient (Wildman–Crippen LogP) is 6.67. The Balaban J connectivity index is 1.76. The van der Waals surface area contributed by atoms with Crippen LogP contribution in [0.3, 0.4) is 0 Å². The van der Waals surface area contributed by atoms with Gasteiger partial charge in [0.05, 0.1) is 26.1 Å². The fraction of sp³-hybridized carbons (Fsp3) is 0.154. The van der Waals surface area contributed by atoms with Crippen LogP contribution in [0, 0.1) is 0 Å². The number of rotatable bonds is 10. The summed E-state index contributed by atoms with van der Waals surface area (Å²) < 4.78 is 85.5. The van der Waals surface area contributed by atoms with Crippen molar-refractivity contribution in [3.05, 3.63) is 92.1 Å². The van der Waals surface area contributed by atoms with Crippen molar-refractivity contribution in [2.45, 2.75) is 34.9 Å². The Morgan fingerprint density at radius 3 is 2.05 bits per heavy atom. The third kappa shape index (κ3) is 6.28. The summed E-state index contributed by atoms with van der Waals surface area (Å²) in [4.78, 5) is 11.4. The Labute approximate surface area is 263 Å². The number of nitrogens with zero attached hydrogens (tertiary/aromatic N) is 3. The summed E-state index contributed by atoms with van der Waals surface area (Å²) in [6.07, 6.45) is -3.10. The van der Waals surface area contributed by atoms with Crippen LogP contribution in [-0.2, 0) is 37.9 Å². The minimum atomic E-state index is -4.96. The van der Waals surface area contributed by atoms with Crippen molar-refractivity contribution < 1.29 is 30.4 Å². The normalized spacial score (nSPS) is 12.2. The van der Waals surface area contributed by atoms with Crippen molar-refractivity contribution in [3.8, 4) is 0 Å². The molecule has 17 heteroatoms. The van der Waals surface area contributed by atoms with Gasteiger partial charge in [0, 0.05) is 19.0 Å². The number of halogens is 4. The van der Waals surface area contributed by atoms with E-state index in [1.807, 2.05) is 0 Å². The number of sulfonamides is 2. The summed E-state index contributed by atoms with van der Waals surface area (Å²) in [6, 6.07) is 15.7. The third-order valence-electron chi connectivity index (χ3n) is 6.11. The van der Waals surface area contributed by atoms with Crippen LogP contribution < -0.4 is 9.03 Å². The van der Waals surface area contributed by atoms with Crippen molar-refractivity contribution in [2.24, 2.45) is 0 Å². The first kappa shape index (κ1) is 31.3. The summed E-state index contributed by atoms with van der Waals surface area (Å²) in [5.74, 6) is -0.955. The molecule has 0 saturated heterocycles. The third-order valence-corrected chi connectivity index (χ3v) is 13.6. The fourth-order valence-electron chi connectivity index (χ4n) is 4.30. The van der Waals surface area contributed by atoms with Crippen LogP contribution in [0.5, 0.6) is 0 Å². The molecular weight excluding hydrogens is 685 g/mol. The van der Waals surface area contributed by atoms with Crippen molar-refractivity contribution in [3.63, 3.8) is 0 Å². The summed E-state index contributed by atoms with van der Waals surface area (Å²) in [7, 11) is -9.93. The van der Waals surface area contributed by atoms with Crippen molar-refractivity contribution in [2.75, 3.05) is 3.71 Å². The zero-order valence-corrected chi connectivity index (χ0v) is 26.6. The van der Waals surface area contributed by atoms with Crippen molar-refractivity contribution in [1.29, 1.82) is 0 Å². The maximum absolute atomic E-state index is 14.4. The average Bonchev–Trinajstić information content (AvgIpc) is 3.67. The Bertz CT molecular complexity index is 1990. The molecular formula is C26H20Cl2F2N4O5S4. The highest BCUT2D eigenvalue weighted by molar-refractivity contribution is 8.11. The van der Waals surface area contributed by atoms with Gasteiger partial charge in [-0.3, -0.25) is 9.48 Å². The molecule has 0 unspecified atom stereocenters. The van der Waals surface area contributed by atoms with Gasteiger partial charge in [0.15, 0.2) is 5.82 Å². The first-order valence-electron chi connectivity index (χ1n) is 12.2. The number of amides is 1. The molecule has 226 valence electrons. The molecule has 0 spiro atoms. The zero-order chi connectivity index (χ0) is 31.1. The molecule has 2 aromatic carbocycles. The van der Waals surface area contributed by atoms with Crippen LogP contribution in [-0.4, -0.2) is 32.5 Å². The molecule has 3 heterocycles. The van der Waals surface area contributed by atoms with Crippen LogP contribution in [0.1, 0.15) is 30.0 Å². The number of carbonyl (C=O) groups is 1. The molecule has 1 N–H and O–H groups in total. The van der Waals surface area contributed by atoms with Crippen LogP contribution in [0.15, 0.2) is 75.1 Å². The number of carbonyl (C=O) groups excluding carboxylic acids is 1. The monoisotopic (exact) mass is 704 g/mol. The highest BCUT2D eigenvalue weighted by Gasteiger charge is 2.42. The summed E-state index contributed by atoms with van der Waals surface area (Å²) in [5, 5.41) is 6.68. The van der Waals surface area contributed by atoms with Crippen molar-refractivity contribution in [1.82, 2.24) is 15.1 Å². The summed E-state index contributed by atoms with van der Waals surface area (Å²) in [6.45, 7) is 1.57. The Hall–Kier alpha value is -3.08. The smallest absolute Gasteiger partial charge is 0.288 e. The highest BCUT2D eigenvalue weighted by Crippen LogP contribution is 2.42. The molecule has 5 rings (SSSR count). The van der Waals surface area contributed by atoms with Gasteiger partial charge in [-0.1, -0.05) is 59.6 Å². The van der Waals surface area contributed by atoms with Gasteiger partial charge in [0.2, 0.25) is 5.91 Å². The van der Waals surface area contributed by atoms with E-state index in [-0.39, 0.29) is 42.3 Å². The van der Waals surface area contributed by atoms with Gasteiger partial charge in [-0.25, -0.2) is 8.78 Å². The van der Waals surface area contributed by atoms with E-state index in [1.165, 1.54) is 35.9 Å². The minimum Gasteiger partial charge on any atom is -0.352 e. The number of thiophene rings is 2. The number of aromatic nitrogens is 2. The lowest BCUT2D eigenvalue weighted by atomic mass is 10.1. The lowest BCUT2D eigenvalue weighted by Crippen LogP contribution is -2.37. The average molecular weight is 706 g/mol. The van der Waals surface area contributed by atoms with Crippen LogP contribution in [0.4, 0.5) is 14.6 Å². The van der Waals surface area contributed by atoms with Gasteiger partial charge in [-0.15, -0.1) is 26.4 Å². The second-order valence-corrected chi connectivity index (χ2v) is 16.8. The molecule has 0 radical (unpaired) electrons. The maximum Gasteiger partial charge on any atom is 0.288 e. The number of benzene rings is 2. The molecule has 0 bridgehead atoms. The minimum absolute atomic E-state index is 0.0410. The van der Waals surface area contributed by atoms with Gasteiger partial charge >= 0.3 is 0 Å². The standard InChI is InChI=1S/C26H20Cl2F2N4O5S4/c1-15(35)31-13-16-4-2-5-17(12-16)14-33-19-7-3-6-18(25(29)30)24(19)26(32-33)34(42(36,37)22-10-8-20(27)40-22)43(38,39)23-11-9-21(28)41-23/h2-12,25H,13-14H2,1H3,(H,31,35). The zero-order valence-electron chi connectivity index (χ0n) is 21.9. The van der Waals surface area contributed by atoms with Gasteiger partial charge in [0.25, 0.3) is 26.5 Å². The quantitative estimate of drug-likeness (QED) is 0.173. The molecule has 0 saturated carbocycles. The fourth-order valence-corrected chi connectivity index (χ4v) is 11.3. The van der Waals surface area contributed by atoms with E-state index < -0.39 is 46.3 Å². The second-order valence-electron chi connectivity index (χ2n) is 9.08. The van der Waals surface area contributed by atoms with E-state index in [1.54, 1.807) is 24.3 Å². The SMILES string of the molecule is CC(=O)NCc1cccc(Cn2nc(N(S(=O)(=O)c3ccc(Cl)s3)S(=O)(=O)c3ccc(Cl)s3)c3c(C(F)F)cccc32)c1. The predicted molar refractivity (Wildman–Crippen MR) is 163 cm³/mol. The lowest BCUT2D eigenvalue weighted by Gasteiger charge is -2.21. The molecule has 5 aromatic rings. The van der Waals surface area contributed by atoms with Gasteiger partial charge in [0.1, 0.15) is 8.42 Å². The van der Waals surface area contributed by atoms with Crippen LogP contribution >= 0.6 is 45.9 Å². The van der Waals surface area contributed by atoms with E-state index in [2.05, 4.69) is 10.4 Å². The Morgan fingerprint density at radius 2 is 1.51 bits per heavy atom. The topological polar surface area (TPSA) is 118 Å². The molecule has 0 atom stereocenters. The Morgan fingerprint density at radius 1 is 0.930 bits per heavy atom. The molecule has 0 aliphatic heterocycles.